The Bertz CT molecular complexity index is 534. The third kappa shape index (κ3) is 4.11. The van der Waals surface area contributed by atoms with Crippen LogP contribution in [0.2, 0.25) is 0 Å². The van der Waals surface area contributed by atoms with Gasteiger partial charge in [-0.2, -0.15) is 0 Å². The summed E-state index contributed by atoms with van der Waals surface area (Å²) in [4.78, 5) is 2.58. The molecule has 1 atom stereocenters. The van der Waals surface area contributed by atoms with Crippen LogP contribution in [0.5, 0.6) is 5.75 Å². The van der Waals surface area contributed by atoms with Crippen molar-refractivity contribution in [1.82, 2.24) is 4.90 Å². The maximum Gasteiger partial charge on any atom is 0.122 e. The highest BCUT2D eigenvalue weighted by molar-refractivity contribution is 5.39. The van der Waals surface area contributed by atoms with Gasteiger partial charge in [-0.25, -0.2) is 0 Å². The normalized spacial score (nSPS) is 24.9. The molecular weight excluding hydrogens is 302 g/mol. The monoisotopic (exact) mass is 331 g/mol. The minimum Gasteiger partial charge on any atom is -0.493 e. The zero-order valence-corrected chi connectivity index (χ0v) is 14.5. The topological polar surface area (TPSA) is 30.9 Å². The number of ether oxygens (including phenoxy) is 3. The summed E-state index contributed by atoms with van der Waals surface area (Å²) in [5, 5.41) is 0. The van der Waals surface area contributed by atoms with E-state index in [9.17, 15) is 0 Å². The molecule has 2 fully saturated rings. The van der Waals surface area contributed by atoms with E-state index in [1.807, 2.05) is 0 Å². The first-order chi connectivity index (χ1) is 11.9. The summed E-state index contributed by atoms with van der Waals surface area (Å²) in [5.41, 5.74) is 2.82. The molecule has 4 heteroatoms. The summed E-state index contributed by atoms with van der Waals surface area (Å²) in [6, 6.07) is 6.70. The van der Waals surface area contributed by atoms with E-state index < -0.39 is 0 Å². The summed E-state index contributed by atoms with van der Waals surface area (Å²) < 4.78 is 17.3. The highest BCUT2D eigenvalue weighted by atomic mass is 16.5. The Kier molecular flexibility index (Phi) is 5.36. The van der Waals surface area contributed by atoms with Crippen LogP contribution >= 0.6 is 0 Å². The van der Waals surface area contributed by atoms with Crippen LogP contribution in [0.3, 0.4) is 0 Å². The summed E-state index contributed by atoms with van der Waals surface area (Å²) in [6.45, 7) is 6.02. The van der Waals surface area contributed by atoms with Crippen molar-refractivity contribution in [1.29, 1.82) is 0 Å². The fraction of sp³-hybridized carbons (Fsp3) is 0.700. The van der Waals surface area contributed by atoms with Crippen molar-refractivity contribution < 1.29 is 14.2 Å². The Morgan fingerprint density at radius 2 is 2.04 bits per heavy atom. The second kappa shape index (κ2) is 7.85. The van der Waals surface area contributed by atoms with E-state index >= 15 is 0 Å². The minimum absolute atomic E-state index is 0.354. The number of nitrogens with zero attached hydrogens (tertiary/aromatic N) is 1. The van der Waals surface area contributed by atoms with Crippen molar-refractivity contribution >= 4 is 0 Å². The fourth-order valence-corrected chi connectivity index (χ4v) is 4.00. The number of likely N-dealkylation sites (tertiary alicyclic amines) is 1. The predicted octanol–water partition coefficient (Wildman–Crippen LogP) is 2.82. The average molecular weight is 331 g/mol. The fourth-order valence-electron chi connectivity index (χ4n) is 4.00. The molecule has 0 aromatic heterocycles. The number of piperidine rings is 1. The molecule has 0 aliphatic carbocycles. The molecular formula is C20H29NO3. The molecule has 0 amide bonds. The van der Waals surface area contributed by atoms with Gasteiger partial charge >= 0.3 is 0 Å². The number of hydrogen-bond donors (Lipinski definition) is 0. The molecule has 1 aromatic carbocycles. The predicted molar refractivity (Wildman–Crippen MR) is 93.7 cm³/mol. The lowest BCUT2D eigenvalue weighted by atomic mass is 10.0. The Morgan fingerprint density at radius 1 is 1.12 bits per heavy atom. The van der Waals surface area contributed by atoms with Gasteiger partial charge in [0.25, 0.3) is 0 Å². The van der Waals surface area contributed by atoms with Crippen LogP contribution in [0.25, 0.3) is 0 Å². The molecule has 1 aromatic rings. The summed E-state index contributed by atoms with van der Waals surface area (Å²) >= 11 is 0. The van der Waals surface area contributed by atoms with Crippen molar-refractivity contribution in [2.45, 2.75) is 50.7 Å². The lowest BCUT2D eigenvalue weighted by Gasteiger charge is -2.32. The lowest BCUT2D eigenvalue weighted by molar-refractivity contribution is -0.0417. The van der Waals surface area contributed by atoms with Crippen LogP contribution in [0.4, 0.5) is 0 Å². The molecule has 3 aliphatic rings. The molecule has 4 rings (SSSR count). The van der Waals surface area contributed by atoms with Crippen molar-refractivity contribution in [3.8, 4) is 5.75 Å². The molecule has 24 heavy (non-hydrogen) atoms. The summed E-state index contributed by atoms with van der Waals surface area (Å²) in [7, 11) is 0. The highest BCUT2D eigenvalue weighted by Gasteiger charge is 2.22. The van der Waals surface area contributed by atoms with Crippen LogP contribution in [0.15, 0.2) is 18.2 Å². The smallest absolute Gasteiger partial charge is 0.122 e. The van der Waals surface area contributed by atoms with Gasteiger partial charge in [-0.1, -0.05) is 12.1 Å². The second-order valence-electron chi connectivity index (χ2n) is 7.30. The van der Waals surface area contributed by atoms with Crippen LogP contribution in [0.1, 0.15) is 36.8 Å². The van der Waals surface area contributed by atoms with E-state index in [4.69, 9.17) is 14.2 Å². The van der Waals surface area contributed by atoms with E-state index in [0.717, 1.165) is 70.9 Å². The van der Waals surface area contributed by atoms with Gasteiger partial charge in [-0.15, -0.1) is 0 Å². The van der Waals surface area contributed by atoms with Crippen molar-refractivity contribution in [2.75, 3.05) is 39.5 Å². The number of rotatable bonds is 6. The molecule has 0 saturated carbocycles. The molecule has 2 saturated heterocycles. The molecule has 0 unspecified atom stereocenters. The molecule has 3 aliphatic heterocycles. The van der Waals surface area contributed by atoms with Gasteiger partial charge in [0, 0.05) is 32.7 Å². The zero-order chi connectivity index (χ0) is 16.2. The van der Waals surface area contributed by atoms with Crippen LogP contribution in [-0.2, 0) is 22.3 Å². The van der Waals surface area contributed by atoms with Gasteiger partial charge in [0.15, 0.2) is 0 Å². The maximum atomic E-state index is 6.06. The number of benzene rings is 1. The summed E-state index contributed by atoms with van der Waals surface area (Å²) in [6.07, 6.45) is 7.67. The van der Waals surface area contributed by atoms with E-state index in [1.54, 1.807) is 0 Å². The van der Waals surface area contributed by atoms with Crippen molar-refractivity contribution in [3.63, 3.8) is 0 Å². The van der Waals surface area contributed by atoms with Crippen LogP contribution < -0.4 is 4.74 Å². The first-order valence-electron chi connectivity index (χ1n) is 9.57. The van der Waals surface area contributed by atoms with E-state index in [2.05, 4.69) is 23.1 Å². The quantitative estimate of drug-likeness (QED) is 0.802. The van der Waals surface area contributed by atoms with Gasteiger partial charge in [0.2, 0.25) is 0 Å². The maximum absolute atomic E-state index is 6.06. The van der Waals surface area contributed by atoms with E-state index in [-0.39, 0.29) is 0 Å². The zero-order valence-electron chi connectivity index (χ0n) is 14.5. The van der Waals surface area contributed by atoms with Gasteiger partial charge < -0.3 is 19.1 Å². The Labute approximate surface area is 145 Å². The van der Waals surface area contributed by atoms with Gasteiger partial charge in [-0.05, 0) is 49.3 Å². The molecule has 0 radical (unpaired) electrons. The molecule has 4 nitrogen and oxygen atoms in total. The number of hydrogen-bond acceptors (Lipinski definition) is 4. The van der Waals surface area contributed by atoms with Crippen LogP contribution in [0, 0.1) is 0 Å². The molecule has 0 N–H and O–H groups in total. The lowest BCUT2D eigenvalue weighted by Crippen LogP contribution is -2.38. The first kappa shape index (κ1) is 16.4. The largest absolute Gasteiger partial charge is 0.493 e. The van der Waals surface area contributed by atoms with E-state index in [1.165, 1.54) is 24.0 Å². The van der Waals surface area contributed by atoms with Gasteiger partial charge in [0.05, 0.1) is 25.4 Å². The Morgan fingerprint density at radius 3 is 2.88 bits per heavy atom. The van der Waals surface area contributed by atoms with Gasteiger partial charge in [0.1, 0.15) is 5.75 Å². The van der Waals surface area contributed by atoms with Gasteiger partial charge in [-0.3, -0.25) is 0 Å². The van der Waals surface area contributed by atoms with Crippen molar-refractivity contribution in [2.24, 2.45) is 0 Å². The first-order valence-corrected chi connectivity index (χ1v) is 9.57. The van der Waals surface area contributed by atoms with Crippen LogP contribution in [-0.4, -0.2) is 56.6 Å². The highest BCUT2D eigenvalue weighted by Crippen LogP contribution is 2.26. The standard InChI is InChI=1S/C20H29NO3/c1-2-19(22-12-1)15-24-18-6-10-21(11-7-18)9-5-16-3-4-20-17(14-16)8-13-23-20/h3-4,14,18-19H,1-2,5-13,15H2/t19-/m0/s1. The SMILES string of the molecule is c1cc2c(cc1CCN1CCC(OC[C@@H]3CCCO3)CC1)CCO2. The average Bonchev–Trinajstić information content (AvgIpc) is 3.30. The number of fused-ring (bicyclic) bond motifs is 1. The second-order valence-corrected chi connectivity index (χ2v) is 7.30. The molecule has 0 spiro atoms. The minimum atomic E-state index is 0.354. The molecule has 3 heterocycles. The third-order valence-electron chi connectivity index (χ3n) is 5.55. The summed E-state index contributed by atoms with van der Waals surface area (Å²) in [5.74, 6) is 1.09. The molecule has 0 bridgehead atoms. The van der Waals surface area contributed by atoms with E-state index in [0.29, 0.717) is 12.2 Å². The molecule has 132 valence electrons. The Hall–Kier alpha value is -1.10. The third-order valence-corrected chi connectivity index (χ3v) is 5.55. The van der Waals surface area contributed by atoms with Crippen molar-refractivity contribution in [3.05, 3.63) is 29.3 Å². The Balaban J connectivity index is 1.16.